The second-order valence-corrected chi connectivity index (χ2v) is 5.41. The number of thiazole rings is 1. The Bertz CT molecular complexity index is 612. The number of carbonyl (C=O) groups is 1. The van der Waals surface area contributed by atoms with Crippen LogP contribution in [0.2, 0.25) is 0 Å². The topological polar surface area (TPSA) is 45.2 Å². The molecule has 0 spiro atoms. The highest BCUT2D eigenvalue weighted by Crippen LogP contribution is 2.28. The summed E-state index contributed by atoms with van der Waals surface area (Å²) in [5.41, 5.74) is 0.753. The third-order valence-corrected chi connectivity index (χ3v) is 4.03. The van der Waals surface area contributed by atoms with Crippen molar-refractivity contribution in [3.8, 4) is 0 Å². The standard InChI is InChI=1S/C12H12FN3OS/c1-16-5-4-9(11(16)17)15-12-14-8-3-2-7(13)6-10(8)18-12/h2-3,6,9H,4-5H2,1H3,(H,14,15). The monoisotopic (exact) mass is 265 g/mol. The Morgan fingerprint density at radius 2 is 2.39 bits per heavy atom. The van der Waals surface area contributed by atoms with Gasteiger partial charge in [-0.3, -0.25) is 4.79 Å². The molecule has 1 aliphatic rings. The number of rotatable bonds is 2. The first-order chi connectivity index (χ1) is 8.63. The van der Waals surface area contributed by atoms with Gasteiger partial charge < -0.3 is 10.2 Å². The summed E-state index contributed by atoms with van der Waals surface area (Å²) in [4.78, 5) is 17.8. The van der Waals surface area contributed by atoms with E-state index >= 15 is 0 Å². The molecule has 0 bridgehead atoms. The number of nitrogens with one attached hydrogen (secondary N) is 1. The first-order valence-corrected chi connectivity index (χ1v) is 6.53. The van der Waals surface area contributed by atoms with Gasteiger partial charge >= 0.3 is 0 Å². The zero-order valence-corrected chi connectivity index (χ0v) is 10.6. The van der Waals surface area contributed by atoms with Gasteiger partial charge in [-0.1, -0.05) is 11.3 Å². The number of benzene rings is 1. The predicted octanol–water partition coefficient (Wildman–Crippen LogP) is 2.08. The van der Waals surface area contributed by atoms with Crippen molar-refractivity contribution in [2.75, 3.05) is 18.9 Å². The van der Waals surface area contributed by atoms with Crippen LogP contribution in [0.1, 0.15) is 6.42 Å². The molecule has 3 rings (SSSR count). The zero-order valence-electron chi connectivity index (χ0n) is 9.81. The molecule has 2 aromatic rings. The average Bonchev–Trinajstić information content (AvgIpc) is 2.86. The Labute approximate surface area is 107 Å². The van der Waals surface area contributed by atoms with Crippen molar-refractivity contribution >= 4 is 32.6 Å². The van der Waals surface area contributed by atoms with Crippen LogP contribution in [-0.4, -0.2) is 35.4 Å². The van der Waals surface area contributed by atoms with Crippen molar-refractivity contribution in [2.45, 2.75) is 12.5 Å². The number of likely N-dealkylation sites (tertiary alicyclic amines) is 1. The minimum absolute atomic E-state index is 0.0837. The lowest BCUT2D eigenvalue weighted by Gasteiger charge is -2.10. The van der Waals surface area contributed by atoms with Crippen molar-refractivity contribution < 1.29 is 9.18 Å². The van der Waals surface area contributed by atoms with Crippen LogP contribution in [0, 0.1) is 5.82 Å². The minimum Gasteiger partial charge on any atom is -0.350 e. The van der Waals surface area contributed by atoms with Crippen LogP contribution in [0.4, 0.5) is 9.52 Å². The van der Waals surface area contributed by atoms with Gasteiger partial charge in [-0.2, -0.15) is 0 Å². The largest absolute Gasteiger partial charge is 0.350 e. The number of nitrogens with zero attached hydrogens (tertiary/aromatic N) is 2. The molecular formula is C12H12FN3OS. The second kappa shape index (κ2) is 4.20. The smallest absolute Gasteiger partial charge is 0.244 e. The van der Waals surface area contributed by atoms with Gasteiger partial charge in [0, 0.05) is 13.6 Å². The molecule has 4 nitrogen and oxygen atoms in total. The third-order valence-electron chi connectivity index (χ3n) is 3.08. The predicted molar refractivity (Wildman–Crippen MR) is 69.2 cm³/mol. The van der Waals surface area contributed by atoms with E-state index < -0.39 is 0 Å². The maximum Gasteiger partial charge on any atom is 0.244 e. The third kappa shape index (κ3) is 1.92. The Hall–Kier alpha value is -1.69. The highest BCUT2D eigenvalue weighted by atomic mass is 32.1. The lowest BCUT2D eigenvalue weighted by Crippen LogP contribution is -2.30. The van der Waals surface area contributed by atoms with Crippen molar-refractivity contribution in [1.29, 1.82) is 0 Å². The van der Waals surface area contributed by atoms with Crippen LogP contribution in [0.25, 0.3) is 10.2 Å². The molecular weight excluding hydrogens is 253 g/mol. The van der Waals surface area contributed by atoms with Gasteiger partial charge in [-0.15, -0.1) is 0 Å². The fourth-order valence-corrected chi connectivity index (χ4v) is 3.01. The Kier molecular flexibility index (Phi) is 2.66. The first kappa shape index (κ1) is 11.4. The molecule has 18 heavy (non-hydrogen) atoms. The van der Waals surface area contributed by atoms with Crippen LogP contribution in [0.3, 0.4) is 0 Å². The number of hydrogen-bond donors (Lipinski definition) is 1. The molecule has 2 heterocycles. The molecule has 6 heteroatoms. The molecule has 94 valence electrons. The molecule has 1 atom stereocenters. The number of amides is 1. The van der Waals surface area contributed by atoms with E-state index in [4.69, 9.17) is 0 Å². The van der Waals surface area contributed by atoms with Crippen LogP contribution in [-0.2, 0) is 4.79 Å². The van der Waals surface area contributed by atoms with Crippen LogP contribution >= 0.6 is 11.3 Å². The van der Waals surface area contributed by atoms with Crippen LogP contribution < -0.4 is 5.32 Å². The molecule has 1 fully saturated rings. The number of halogens is 1. The summed E-state index contributed by atoms with van der Waals surface area (Å²) < 4.78 is 13.8. The molecule has 0 radical (unpaired) electrons. The summed E-state index contributed by atoms with van der Waals surface area (Å²) in [6.45, 7) is 0.760. The summed E-state index contributed by atoms with van der Waals surface area (Å²) in [6, 6.07) is 4.29. The molecule has 0 saturated carbocycles. The van der Waals surface area contributed by atoms with Gasteiger partial charge in [0.1, 0.15) is 11.9 Å². The van der Waals surface area contributed by atoms with Gasteiger partial charge in [0.15, 0.2) is 5.13 Å². The number of carbonyl (C=O) groups excluding carboxylic acids is 1. The molecule has 1 aliphatic heterocycles. The van der Waals surface area contributed by atoms with Gasteiger partial charge in [-0.05, 0) is 24.6 Å². The van der Waals surface area contributed by atoms with Crippen LogP contribution in [0.5, 0.6) is 0 Å². The number of likely N-dealkylation sites (N-methyl/N-ethyl adjacent to an activating group) is 1. The summed E-state index contributed by atoms with van der Waals surface area (Å²) >= 11 is 1.37. The summed E-state index contributed by atoms with van der Waals surface area (Å²) in [5.74, 6) is -0.185. The quantitative estimate of drug-likeness (QED) is 0.904. The lowest BCUT2D eigenvalue weighted by molar-refractivity contribution is -0.127. The van der Waals surface area contributed by atoms with E-state index in [0.29, 0.717) is 5.13 Å². The molecule has 1 aromatic heterocycles. The van der Waals surface area contributed by atoms with Crippen molar-refractivity contribution in [3.05, 3.63) is 24.0 Å². The van der Waals surface area contributed by atoms with E-state index in [1.807, 2.05) is 0 Å². The molecule has 1 amide bonds. The fourth-order valence-electron chi connectivity index (χ4n) is 2.07. The highest BCUT2D eigenvalue weighted by molar-refractivity contribution is 7.22. The van der Waals surface area contributed by atoms with E-state index in [-0.39, 0.29) is 17.8 Å². The van der Waals surface area contributed by atoms with E-state index in [1.165, 1.54) is 23.5 Å². The zero-order chi connectivity index (χ0) is 12.7. The average molecular weight is 265 g/mol. The Balaban J connectivity index is 1.85. The molecule has 0 aliphatic carbocycles. The van der Waals surface area contributed by atoms with Crippen molar-refractivity contribution in [1.82, 2.24) is 9.88 Å². The van der Waals surface area contributed by atoms with E-state index in [2.05, 4.69) is 10.3 Å². The lowest BCUT2D eigenvalue weighted by atomic mass is 10.2. The highest BCUT2D eigenvalue weighted by Gasteiger charge is 2.29. The summed E-state index contributed by atoms with van der Waals surface area (Å²) in [7, 11) is 1.79. The Morgan fingerprint density at radius 3 is 3.11 bits per heavy atom. The maximum absolute atomic E-state index is 13.1. The molecule has 1 saturated heterocycles. The van der Waals surface area contributed by atoms with Crippen molar-refractivity contribution in [2.24, 2.45) is 0 Å². The van der Waals surface area contributed by atoms with Gasteiger partial charge in [0.05, 0.1) is 10.2 Å². The molecule has 1 unspecified atom stereocenters. The summed E-state index contributed by atoms with van der Waals surface area (Å²) in [5, 5.41) is 3.79. The van der Waals surface area contributed by atoms with Gasteiger partial charge in [0.25, 0.3) is 0 Å². The summed E-state index contributed by atoms with van der Waals surface area (Å²) in [6.07, 6.45) is 0.777. The normalized spacial score (nSPS) is 19.8. The number of aromatic nitrogens is 1. The fraction of sp³-hybridized carbons (Fsp3) is 0.333. The first-order valence-electron chi connectivity index (χ1n) is 5.71. The number of fused-ring (bicyclic) bond motifs is 1. The second-order valence-electron chi connectivity index (χ2n) is 4.38. The molecule has 1 N–H and O–H groups in total. The maximum atomic E-state index is 13.1. The van der Waals surface area contributed by atoms with E-state index in [1.54, 1.807) is 18.0 Å². The van der Waals surface area contributed by atoms with Gasteiger partial charge in [0.2, 0.25) is 5.91 Å². The Morgan fingerprint density at radius 1 is 1.56 bits per heavy atom. The van der Waals surface area contributed by atoms with E-state index in [0.717, 1.165) is 23.2 Å². The number of hydrogen-bond acceptors (Lipinski definition) is 4. The van der Waals surface area contributed by atoms with Gasteiger partial charge in [-0.25, -0.2) is 9.37 Å². The van der Waals surface area contributed by atoms with Crippen molar-refractivity contribution in [3.63, 3.8) is 0 Å². The van der Waals surface area contributed by atoms with E-state index in [9.17, 15) is 9.18 Å². The number of anilines is 1. The SMILES string of the molecule is CN1CCC(Nc2nc3ccc(F)cc3s2)C1=O. The molecule has 1 aromatic carbocycles. The minimum atomic E-state index is -0.269. The van der Waals surface area contributed by atoms with Crippen LogP contribution in [0.15, 0.2) is 18.2 Å².